The summed E-state index contributed by atoms with van der Waals surface area (Å²) in [6.45, 7) is 14.8. The van der Waals surface area contributed by atoms with E-state index in [0.29, 0.717) is 0 Å². The van der Waals surface area contributed by atoms with Crippen molar-refractivity contribution in [3.63, 3.8) is 0 Å². The van der Waals surface area contributed by atoms with Gasteiger partial charge in [-0.1, -0.05) is 187 Å². The number of benzene rings is 7. The van der Waals surface area contributed by atoms with E-state index in [4.69, 9.17) is 0 Å². The van der Waals surface area contributed by atoms with Gasteiger partial charge in [-0.25, -0.2) is 0 Å². The molecular weight excluding hydrogens is 737 g/mol. The van der Waals surface area contributed by atoms with Crippen molar-refractivity contribution in [3.05, 3.63) is 214 Å². The highest BCUT2D eigenvalue weighted by Crippen LogP contribution is 2.66. The molecule has 12 rings (SSSR count). The van der Waals surface area contributed by atoms with E-state index in [1.165, 1.54) is 100 Å². The zero-order valence-corrected chi connectivity index (χ0v) is 36.2. The first kappa shape index (κ1) is 36.5. The largest absolute Gasteiger partial charge is 0.338 e. The van der Waals surface area contributed by atoms with Crippen LogP contribution in [0, 0.1) is 0 Å². The Morgan fingerprint density at radius 2 is 1.05 bits per heavy atom. The Bertz CT molecular complexity index is 3130. The van der Waals surface area contributed by atoms with Crippen LogP contribution < -0.4 is 9.80 Å². The van der Waals surface area contributed by atoms with Crippen LogP contribution >= 0.6 is 0 Å². The molecule has 0 saturated carbocycles. The third kappa shape index (κ3) is 5.09. The van der Waals surface area contributed by atoms with Crippen LogP contribution in [0.3, 0.4) is 0 Å². The topological polar surface area (TPSA) is 6.48 Å². The smallest absolute Gasteiger partial charge is 0.0564 e. The van der Waals surface area contributed by atoms with Gasteiger partial charge in [0.15, 0.2) is 0 Å². The van der Waals surface area contributed by atoms with Crippen LogP contribution in [0.25, 0.3) is 38.2 Å². The molecule has 3 aliphatic heterocycles. The minimum Gasteiger partial charge on any atom is -0.338 e. The van der Waals surface area contributed by atoms with E-state index < -0.39 is 0 Å². The van der Waals surface area contributed by atoms with Gasteiger partial charge in [0.1, 0.15) is 0 Å². The standard InChI is InChI=1S/C59H52N2/c1-57(2)48-23-13-25-50-54(48)61-55-49(57)24-14-26-51(55)59(5,6)53-36-43(35-52(56(53)61)58(50,3)4)60(41-31-27-39(28-32-41)46-21-11-17-37-15-7-9-19-44(37)46)42-33-29-40(30-34-42)47-22-12-18-38-16-8-10-20-45(38)47/h7-29,31-33,35,43H,30,34,36H2,1-6H3. The second-order valence-corrected chi connectivity index (χ2v) is 19.6. The first-order valence-corrected chi connectivity index (χ1v) is 22.3. The number of hydrogen-bond donors (Lipinski definition) is 0. The molecule has 0 saturated heterocycles. The molecule has 7 aromatic rings. The molecule has 0 radical (unpaired) electrons. The summed E-state index contributed by atoms with van der Waals surface area (Å²) in [6.07, 6.45) is 10.5. The molecule has 7 aromatic carbocycles. The average Bonchev–Trinajstić information content (AvgIpc) is 3.28. The molecule has 1 unspecified atom stereocenters. The first-order chi connectivity index (χ1) is 29.5. The number of para-hydroxylation sites is 2. The van der Waals surface area contributed by atoms with E-state index in [2.05, 4.69) is 215 Å². The van der Waals surface area contributed by atoms with Crippen LogP contribution in [0.4, 0.5) is 17.1 Å². The highest BCUT2D eigenvalue weighted by Gasteiger charge is 2.54. The minimum absolute atomic E-state index is 0.101. The molecule has 0 amide bonds. The van der Waals surface area contributed by atoms with Gasteiger partial charge >= 0.3 is 0 Å². The van der Waals surface area contributed by atoms with Crippen molar-refractivity contribution in [2.24, 2.45) is 0 Å². The normalized spacial score (nSPS) is 19.9. The summed E-state index contributed by atoms with van der Waals surface area (Å²) >= 11 is 0. The van der Waals surface area contributed by atoms with Crippen molar-refractivity contribution in [2.45, 2.75) is 83.1 Å². The molecule has 2 aliphatic carbocycles. The molecule has 0 N–H and O–H groups in total. The van der Waals surface area contributed by atoms with Gasteiger partial charge in [-0.2, -0.15) is 0 Å². The molecule has 1 atom stereocenters. The summed E-state index contributed by atoms with van der Waals surface area (Å²) in [5, 5.41) is 5.19. The lowest BCUT2D eigenvalue weighted by molar-refractivity contribution is 0.498. The van der Waals surface area contributed by atoms with E-state index >= 15 is 0 Å². The van der Waals surface area contributed by atoms with Gasteiger partial charge in [0.2, 0.25) is 0 Å². The number of allylic oxidation sites excluding steroid dienone is 5. The summed E-state index contributed by atoms with van der Waals surface area (Å²) in [6, 6.07) is 54.9. The van der Waals surface area contributed by atoms with E-state index in [1.807, 2.05) is 0 Å². The molecule has 61 heavy (non-hydrogen) atoms. The van der Waals surface area contributed by atoms with Crippen molar-refractivity contribution in [1.29, 1.82) is 0 Å². The maximum absolute atomic E-state index is 2.72. The Hall–Kier alpha value is -6.38. The van der Waals surface area contributed by atoms with Crippen molar-refractivity contribution in [3.8, 4) is 11.1 Å². The van der Waals surface area contributed by atoms with Crippen LogP contribution in [0.1, 0.15) is 88.6 Å². The van der Waals surface area contributed by atoms with Crippen LogP contribution in [0.5, 0.6) is 0 Å². The predicted molar refractivity (Wildman–Crippen MR) is 258 cm³/mol. The molecule has 0 bridgehead atoms. The fourth-order valence-electron chi connectivity index (χ4n) is 12.1. The fraction of sp³-hybridized carbons (Fsp3) is 0.220. The SMILES string of the molecule is CC1(C)C2=CC(N(C3=CC=C(c4cccc5ccccc45)CC3)c3ccc(-c4cccc5ccccc45)cc3)CC3=C2N2c4c1cccc4C(C)(C)c1cccc(c12)C3(C)C. The number of anilines is 3. The molecule has 2 heteroatoms. The predicted octanol–water partition coefficient (Wildman–Crippen LogP) is 15.2. The van der Waals surface area contributed by atoms with Crippen LogP contribution in [-0.2, 0) is 16.2 Å². The second-order valence-electron chi connectivity index (χ2n) is 19.6. The Morgan fingerprint density at radius 1 is 0.508 bits per heavy atom. The highest BCUT2D eigenvalue weighted by atomic mass is 15.2. The second kappa shape index (κ2) is 12.8. The molecule has 5 aliphatic rings. The van der Waals surface area contributed by atoms with Gasteiger partial charge < -0.3 is 9.80 Å². The summed E-state index contributed by atoms with van der Waals surface area (Å²) < 4.78 is 0. The lowest BCUT2D eigenvalue weighted by Gasteiger charge is -2.58. The highest BCUT2D eigenvalue weighted by molar-refractivity contribution is 5.98. The van der Waals surface area contributed by atoms with E-state index in [0.717, 1.165) is 19.3 Å². The number of nitrogens with zero attached hydrogens (tertiary/aromatic N) is 2. The lowest BCUT2D eigenvalue weighted by Crippen LogP contribution is -2.50. The van der Waals surface area contributed by atoms with Gasteiger partial charge in [0.05, 0.1) is 23.1 Å². The molecule has 0 fully saturated rings. The zero-order chi connectivity index (χ0) is 41.4. The monoisotopic (exact) mass is 788 g/mol. The Morgan fingerprint density at radius 3 is 1.67 bits per heavy atom. The van der Waals surface area contributed by atoms with Crippen LogP contribution in [-0.4, -0.2) is 6.04 Å². The maximum Gasteiger partial charge on any atom is 0.0564 e. The Labute approximate surface area is 360 Å². The Kier molecular flexibility index (Phi) is 7.66. The number of rotatable bonds is 5. The van der Waals surface area contributed by atoms with Crippen molar-refractivity contribution in [1.82, 2.24) is 0 Å². The summed E-state index contributed by atoms with van der Waals surface area (Å²) in [5.41, 5.74) is 20.5. The maximum atomic E-state index is 2.72. The summed E-state index contributed by atoms with van der Waals surface area (Å²) in [5.74, 6) is 0. The van der Waals surface area contributed by atoms with Crippen molar-refractivity contribution < 1.29 is 0 Å². The minimum atomic E-state index is -0.191. The van der Waals surface area contributed by atoms with Crippen molar-refractivity contribution in [2.75, 3.05) is 9.80 Å². The zero-order valence-electron chi connectivity index (χ0n) is 36.2. The lowest BCUT2D eigenvalue weighted by atomic mass is 9.58. The summed E-state index contributed by atoms with van der Waals surface area (Å²) in [7, 11) is 0. The van der Waals surface area contributed by atoms with Gasteiger partial charge in [-0.15, -0.1) is 0 Å². The molecular formula is C59H52N2. The number of hydrogen-bond acceptors (Lipinski definition) is 2. The summed E-state index contributed by atoms with van der Waals surface area (Å²) in [4.78, 5) is 5.43. The third-order valence-electron chi connectivity index (χ3n) is 15.3. The molecule has 298 valence electrons. The first-order valence-electron chi connectivity index (χ1n) is 22.3. The third-order valence-corrected chi connectivity index (χ3v) is 15.3. The molecule has 0 aromatic heterocycles. The fourth-order valence-corrected chi connectivity index (χ4v) is 12.1. The van der Waals surface area contributed by atoms with Gasteiger partial charge in [-0.05, 0) is 115 Å². The van der Waals surface area contributed by atoms with E-state index in [1.54, 1.807) is 5.57 Å². The number of fused-ring (bicyclic) bond motifs is 2. The van der Waals surface area contributed by atoms with E-state index in [9.17, 15) is 0 Å². The van der Waals surface area contributed by atoms with Crippen molar-refractivity contribution >= 4 is 44.2 Å². The van der Waals surface area contributed by atoms with E-state index in [-0.39, 0.29) is 22.3 Å². The Balaban J connectivity index is 1.04. The average molecular weight is 789 g/mol. The van der Waals surface area contributed by atoms with Gasteiger partial charge in [-0.3, -0.25) is 0 Å². The quantitative estimate of drug-likeness (QED) is 0.171. The van der Waals surface area contributed by atoms with Crippen LogP contribution in [0.15, 0.2) is 186 Å². The molecule has 0 spiro atoms. The van der Waals surface area contributed by atoms with Gasteiger partial charge in [0.25, 0.3) is 0 Å². The molecule has 2 nitrogen and oxygen atoms in total. The molecule has 3 heterocycles. The van der Waals surface area contributed by atoms with Gasteiger partial charge in [0, 0.05) is 27.6 Å². The van der Waals surface area contributed by atoms with Crippen LogP contribution in [0.2, 0.25) is 0 Å².